The standard InChI is InChI=1S/C17H24N2O3/c1-2-3-4-11-22-15-9-5-13(6-10-15)17(21)18-12-16(20)19-14-7-8-14/h5-6,9-10,14H,2-4,7-8,11-12H2,1H3,(H,18,21)(H,19,20). The molecule has 0 heterocycles. The Labute approximate surface area is 131 Å². The van der Waals surface area contributed by atoms with Crippen molar-refractivity contribution in [1.82, 2.24) is 10.6 Å². The van der Waals surface area contributed by atoms with E-state index in [-0.39, 0.29) is 18.4 Å². The smallest absolute Gasteiger partial charge is 0.251 e. The first-order valence-electron chi connectivity index (χ1n) is 7.99. The lowest BCUT2D eigenvalue weighted by molar-refractivity contribution is -0.120. The Morgan fingerprint density at radius 1 is 1.18 bits per heavy atom. The molecule has 1 saturated carbocycles. The predicted molar refractivity (Wildman–Crippen MR) is 85.0 cm³/mol. The molecule has 0 atom stereocenters. The number of amides is 2. The topological polar surface area (TPSA) is 67.4 Å². The van der Waals surface area contributed by atoms with Gasteiger partial charge in [-0.1, -0.05) is 19.8 Å². The normalized spacial score (nSPS) is 13.5. The molecule has 0 bridgehead atoms. The first-order valence-corrected chi connectivity index (χ1v) is 7.99. The molecular weight excluding hydrogens is 280 g/mol. The highest BCUT2D eigenvalue weighted by atomic mass is 16.5. The molecule has 2 amide bonds. The third-order valence-electron chi connectivity index (χ3n) is 3.49. The van der Waals surface area contributed by atoms with E-state index in [4.69, 9.17) is 4.74 Å². The fourth-order valence-electron chi connectivity index (χ4n) is 2.01. The van der Waals surface area contributed by atoms with Crippen LogP contribution < -0.4 is 15.4 Å². The summed E-state index contributed by atoms with van der Waals surface area (Å²) in [5.41, 5.74) is 0.528. The molecule has 0 unspecified atom stereocenters. The molecule has 5 heteroatoms. The fourth-order valence-corrected chi connectivity index (χ4v) is 2.01. The van der Waals surface area contributed by atoms with Crippen molar-refractivity contribution in [2.75, 3.05) is 13.2 Å². The summed E-state index contributed by atoms with van der Waals surface area (Å²) in [7, 11) is 0. The van der Waals surface area contributed by atoms with Crippen LogP contribution in [0.25, 0.3) is 0 Å². The number of benzene rings is 1. The lowest BCUT2D eigenvalue weighted by Gasteiger charge is -2.08. The van der Waals surface area contributed by atoms with Crippen molar-refractivity contribution in [1.29, 1.82) is 0 Å². The molecule has 0 aromatic heterocycles. The summed E-state index contributed by atoms with van der Waals surface area (Å²) < 4.78 is 5.60. The summed E-state index contributed by atoms with van der Waals surface area (Å²) in [6.07, 6.45) is 5.44. The van der Waals surface area contributed by atoms with Gasteiger partial charge in [0.15, 0.2) is 0 Å². The van der Waals surface area contributed by atoms with Gasteiger partial charge >= 0.3 is 0 Å². The van der Waals surface area contributed by atoms with E-state index in [0.717, 1.165) is 37.9 Å². The molecule has 1 aromatic carbocycles. The maximum atomic E-state index is 11.9. The van der Waals surface area contributed by atoms with Crippen LogP contribution in [0.5, 0.6) is 5.75 Å². The number of hydrogen-bond acceptors (Lipinski definition) is 3. The quantitative estimate of drug-likeness (QED) is 0.688. The van der Waals surface area contributed by atoms with Gasteiger partial charge in [-0.25, -0.2) is 0 Å². The molecule has 5 nitrogen and oxygen atoms in total. The monoisotopic (exact) mass is 304 g/mol. The van der Waals surface area contributed by atoms with Gasteiger partial charge in [-0.05, 0) is 43.5 Å². The zero-order valence-corrected chi connectivity index (χ0v) is 13.1. The average molecular weight is 304 g/mol. The van der Waals surface area contributed by atoms with Crippen LogP contribution in [-0.2, 0) is 4.79 Å². The minimum Gasteiger partial charge on any atom is -0.494 e. The van der Waals surface area contributed by atoms with Crippen LogP contribution in [0.3, 0.4) is 0 Å². The van der Waals surface area contributed by atoms with Crippen molar-refractivity contribution in [3.63, 3.8) is 0 Å². The van der Waals surface area contributed by atoms with E-state index in [2.05, 4.69) is 17.6 Å². The van der Waals surface area contributed by atoms with E-state index in [1.54, 1.807) is 24.3 Å². The van der Waals surface area contributed by atoms with E-state index in [9.17, 15) is 9.59 Å². The Kier molecular flexibility index (Phi) is 6.25. The first-order chi connectivity index (χ1) is 10.7. The van der Waals surface area contributed by atoms with E-state index < -0.39 is 0 Å². The second-order valence-electron chi connectivity index (χ2n) is 5.60. The molecule has 0 aliphatic heterocycles. The van der Waals surface area contributed by atoms with Gasteiger partial charge < -0.3 is 15.4 Å². The first kappa shape index (κ1) is 16.3. The largest absolute Gasteiger partial charge is 0.494 e. The summed E-state index contributed by atoms with van der Waals surface area (Å²) in [6.45, 7) is 2.86. The molecule has 1 aliphatic carbocycles. The van der Waals surface area contributed by atoms with E-state index in [1.807, 2.05) is 0 Å². The van der Waals surface area contributed by atoms with Crippen LogP contribution in [0.4, 0.5) is 0 Å². The molecule has 120 valence electrons. The van der Waals surface area contributed by atoms with Crippen molar-refractivity contribution in [2.45, 2.75) is 45.1 Å². The molecular formula is C17H24N2O3. The highest BCUT2D eigenvalue weighted by Gasteiger charge is 2.23. The number of hydrogen-bond donors (Lipinski definition) is 2. The lowest BCUT2D eigenvalue weighted by Crippen LogP contribution is -2.37. The Morgan fingerprint density at radius 2 is 1.91 bits per heavy atom. The summed E-state index contributed by atoms with van der Waals surface area (Å²) in [5, 5.41) is 5.45. The minimum atomic E-state index is -0.247. The van der Waals surface area contributed by atoms with Gasteiger partial charge in [0, 0.05) is 11.6 Å². The average Bonchev–Trinajstić information content (AvgIpc) is 3.34. The molecule has 2 N–H and O–H groups in total. The van der Waals surface area contributed by atoms with Crippen molar-refractivity contribution in [2.24, 2.45) is 0 Å². The van der Waals surface area contributed by atoms with Gasteiger partial charge in [0.2, 0.25) is 5.91 Å². The van der Waals surface area contributed by atoms with Crippen LogP contribution in [0.1, 0.15) is 49.4 Å². The minimum absolute atomic E-state index is 0.0185. The van der Waals surface area contributed by atoms with E-state index in [1.165, 1.54) is 0 Å². The third kappa shape index (κ3) is 5.76. The maximum absolute atomic E-state index is 11.9. The molecule has 2 rings (SSSR count). The highest BCUT2D eigenvalue weighted by Crippen LogP contribution is 2.18. The van der Waals surface area contributed by atoms with E-state index >= 15 is 0 Å². The van der Waals surface area contributed by atoms with Crippen LogP contribution in [-0.4, -0.2) is 31.0 Å². The second kappa shape index (κ2) is 8.41. The molecule has 22 heavy (non-hydrogen) atoms. The maximum Gasteiger partial charge on any atom is 0.251 e. The molecule has 1 fully saturated rings. The Bertz CT molecular complexity index is 495. The van der Waals surface area contributed by atoms with Crippen LogP contribution in [0, 0.1) is 0 Å². The summed E-state index contributed by atoms with van der Waals surface area (Å²) >= 11 is 0. The van der Waals surface area contributed by atoms with Gasteiger partial charge in [0.25, 0.3) is 5.91 Å². The lowest BCUT2D eigenvalue weighted by atomic mass is 10.2. The SMILES string of the molecule is CCCCCOc1ccc(C(=O)NCC(=O)NC2CC2)cc1. The number of rotatable bonds is 9. The van der Waals surface area contributed by atoms with Crippen molar-refractivity contribution in [3.8, 4) is 5.75 Å². The number of carbonyl (C=O) groups excluding carboxylic acids is 2. The number of nitrogens with one attached hydrogen (secondary N) is 2. The number of ether oxygens (including phenoxy) is 1. The van der Waals surface area contributed by atoms with Crippen molar-refractivity contribution >= 4 is 11.8 Å². The molecule has 0 spiro atoms. The molecule has 1 aliphatic rings. The summed E-state index contributed by atoms with van der Waals surface area (Å²) in [5.74, 6) is 0.384. The van der Waals surface area contributed by atoms with Gasteiger partial charge in [-0.3, -0.25) is 9.59 Å². The zero-order valence-electron chi connectivity index (χ0n) is 13.1. The predicted octanol–water partition coefficient (Wildman–Crippen LogP) is 2.26. The van der Waals surface area contributed by atoms with Crippen LogP contribution in [0.15, 0.2) is 24.3 Å². The highest BCUT2D eigenvalue weighted by molar-refractivity contribution is 5.96. The van der Waals surface area contributed by atoms with Crippen LogP contribution in [0.2, 0.25) is 0 Å². The van der Waals surface area contributed by atoms with Gasteiger partial charge in [0.05, 0.1) is 13.2 Å². The molecule has 1 aromatic rings. The number of carbonyl (C=O) groups is 2. The Balaban J connectivity index is 1.71. The van der Waals surface area contributed by atoms with Crippen molar-refractivity contribution < 1.29 is 14.3 Å². The van der Waals surface area contributed by atoms with Gasteiger partial charge in [-0.15, -0.1) is 0 Å². The fraction of sp³-hybridized carbons (Fsp3) is 0.529. The molecule has 0 saturated heterocycles. The van der Waals surface area contributed by atoms with E-state index in [0.29, 0.717) is 18.2 Å². The molecule has 0 radical (unpaired) electrons. The summed E-state index contributed by atoms with van der Waals surface area (Å²) in [6, 6.07) is 7.30. The Morgan fingerprint density at radius 3 is 2.55 bits per heavy atom. The third-order valence-corrected chi connectivity index (χ3v) is 3.49. The second-order valence-corrected chi connectivity index (χ2v) is 5.60. The summed E-state index contributed by atoms with van der Waals surface area (Å²) in [4.78, 5) is 23.4. The van der Waals surface area contributed by atoms with Gasteiger partial charge in [0.1, 0.15) is 5.75 Å². The van der Waals surface area contributed by atoms with Gasteiger partial charge in [-0.2, -0.15) is 0 Å². The number of unbranched alkanes of at least 4 members (excludes halogenated alkanes) is 2. The van der Waals surface area contributed by atoms with Crippen LogP contribution >= 0.6 is 0 Å². The van der Waals surface area contributed by atoms with Crippen molar-refractivity contribution in [3.05, 3.63) is 29.8 Å². The Hall–Kier alpha value is -2.04. The zero-order chi connectivity index (χ0) is 15.8.